The van der Waals surface area contributed by atoms with Crippen molar-refractivity contribution in [3.8, 4) is 11.1 Å². The molecule has 2 rings (SSSR count). The molecule has 0 nitrogen and oxygen atoms in total. The molecule has 0 aliphatic heterocycles. The Kier molecular flexibility index (Phi) is 4.32. The molecule has 0 aliphatic rings. The minimum atomic E-state index is 0.168. The van der Waals surface area contributed by atoms with Crippen LogP contribution in [0.5, 0.6) is 0 Å². The summed E-state index contributed by atoms with van der Waals surface area (Å²) >= 11 is 0. The lowest BCUT2D eigenvalue weighted by Crippen LogP contribution is -2.13. The molecule has 0 aromatic heterocycles. The van der Waals surface area contributed by atoms with E-state index in [0.717, 1.165) is 6.42 Å². The van der Waals surface area contributed by atoms with E-state index in [1.807, 2.05) is 0 Å². The molecular formula is C20H26. The van der Waals surface area contributed by atoms with Crippen LogP contribution in [0, 0.1) is 5.92 Å². The van der Waals surface area contributed by atoms with Gasteiger partial charge in [-0.3, -0.25) is 0 Å². The first-order chi connectivity index (χ1) is 9.39. The molecule has 0 saturated carbocycles. The van der Waals surface area contributed by atoms with Crippen molar-refractivity contribution in [1.29, 1.82) is 0 Å². The number of hydrogen-bond donors (Lipinski definition) is 0. The molecule has 2 aromatic rings. The molecule has 106 valence electrons. The molecular weight excluding hydrogens is 240 g/mol. The van der Waals surface area contributed by atoms with Crippen molar-refractivity contribution in [1.82, 2.24) is 0 Å². The van der Waals surface area contributed by atoms with Crippen LogP contribution in [0.3, 0.4) is 0 Å². The van der Waals surface area contributed by atoms with Crippen molar-refractivity contribution < 1.29 is 0 Å². The molecule has 0 amide bonds. The lowest BCUT2D eigenvalue weighted by molar-refractivity contribution is 0.591. The Morgan fingerprint density at radius 2 is 1.35 bits per heavy atom. The maximum Gasteiger partial charge on any atom is -0.0126 e. The lowest BCUT2D eigenvalue weighted by atomic mass is 9.80. The molecule has 0 aliphatic carbocycles. The monoisotopic (exact) mass is 266 g/mol. The van der Waals surface area contributed by atoms with E-state index < -0.39 is 0 Å². The highest BCUT2D eigenvalue weighted by Gasteiger charge is 2.19. The van der Waals surface area contributed by atoms with Crippen molar-refractivity contribution in [3.63, 3.8) is 0 Å². The van der Waals surface area contributed by atoms with E-state index in [2.05, 4.69) is 83.1 Å². The predicted molar refractivity (Wildman–Crippen MR) is 89.1 cm³/mol. The molecule has 0 N–H and O–H groups in total. The summed E-state index contributed by atoms with van der Waals surface area (Å²) in [6.07, 6.45) is 1.13. The van der Waals surface area contributed by atoms with E-state index in [9.17, 15) is 0 Å². The van der Waals surface area contributed by atoms with Gasteiger partial charge in [0.2, 0.25) is 0 Å². The van der Waals surface area contributed by atoms with Gasteiger partial charge in [-0.2, -0.15) is 0 Å². The Balaban J connectivity index is 2.58. The second kappa shape index (κ2) is 5.83. The van der Waals surface area contributed by atoms with Gasteiger partial charge in [0, 0.05) is 0 Å². The summed E-state index contributed by atoms with van der Waals surface area (Å²) in [4.78, 5) is 0. The van der Waals surface area contributed by atoms with Gasteiger partial charge in [0.1, 0.15) is 0 Å². The SMILES string of the molecule is CC(C)Cc1ccccc1-c1ccccc1C(C)(C)C. The first-order valence-electron chi connectivity index (χ1n) is 7.57. The Bertz CT molecular complexity index is 571. The highest BCUT2D eigenvalue weighted by molar-refractivity contribution is 5.72. The molecule has 2 aromatic carbocycles. The summed E-state index contributed by atoms with van der Waals surface area (Å²) < 4.78 is 0. The molecule has 0 fully saturated rings. The number of benzene rings is 2. The molecule has 0 heterocycles. The van der Waals surface area contributed by atoms with Crippen LogP contribution in [0.15, 0.2) is 48.5 Å². The minimum Gasteiger partial charge on any atom is -0.0625 e. The van der Waals surface area contributed by atoms with Gasteiger partial charge >= 0.3 is 0 Å². The molecule has 0 saturated heterocycles. The van der Waals surface area contributed by atoms with Crippen LogP contribution in [-0.2, 0) is 11.8 Å². The van der Waals surface area contributed by atoms with Gasteiger partial charge in [-0.1, -0.05) is 83.1 Å². The Morgan fingerprint density at radius 1 is 0.800 bits per heavy atom. The zero-order valence-corrected chi connectivity index (χ0v) is 13.4. The lowest BCUT2D eigenvalue weighted by Gasteiger charge is -2.24. The average molecular weight is 266 g/mol. The van der Waals surface area contributed by atoms with Crippen LogP contribution in [0.4, 0.5) is 0 Å². The van der Waals surface area contributed by atoms with Crippen molar-refractivity contribution in [3.05, 3.63) is 59.7 Å². The van der Waals surface area contributed by atoms with Crippen molar-refractivity contribution >= 4 is 0 Å². The number of hydrogen-bond acceptors (Lipinski definition) is 0. The smallest absolute Gasteiger partial charge is 0.0126 e. The van der Waals surface area contributed by atoms with Gasteiger partial charge < -0.3 is 0 Å². The first-order valence-corrected chi connectivity index (χ1v) is 7.57. The number of rotatable bonds is 3. The van der Waals surface area contributed by atoms with Crippen molar-refractivity contribution in [2.45, 2.75) is 46.5 Å². The third-order valence-electron chi connectivity index (χ3n) is 3.67. The molecule has 0 heteroatoms. The summed E-state index contributed by atoms with van der Waals surface area (Å²) in [6, 6.07) is 17.7. The van der Waals surface area contributed by atoms with Gasteiger partial charge in [-0.25, -0.2) is 0 Å². The van der Waals surface area contributed by atoms with Crippen LogP contribution >= 0.6 is 0 Å². The maximum absolute atomic E-state index is 2.29. The second-order valence-electron chi connectivity index (χ2n) is 7.05. The zero-order valence-electron chi connectivity index (χ0n) is 13.4. The Labute approximate surface area is 123 Å². The van der Waals surface area contributed by atoms with Crippen LogP contribution < -0.4 is 0 Å². The minimum absolute atomic E-state index is 0.168. The molecule has 0 spiro atoms. The molecule has 0 atom stereocenters. The molecule has 0 radical (unpaired) electrons. The first kappa shape index (κ1) is 14.8. The second-order valence-corrected chi connectivity index (χ2v) is 7.05. The van der Waals surface area contributed by atoms with E-state index >= 15 is 0 Å². The summed E-state index contributed by atoms with van der Waals surface area (Å²) in [7, 11) is 0. The summed E-state index contributed by atoms with van der Waals surface area (Å²) in [5, 5.41) is 0. The quantitative estimate of drug-likeness (QED) is 0.653. The normalized spacial score (nSPS) is 11.9. The Morgan fingerprint density at radius 3 is 1.95 bits per heavy atom. The van der Waals surface area contributed by atoms with Crippen LogP contribution in [-0.4, -0.2) is 0 Å². The standard InChI is InChI=1S/C20H26/c1-15(2)14-16-10-6-7-11-17(16)18-12-8-9-13-19(18)20(3,4)5/h6-13,15H,14H2,1-5H3. The molecule has 0 bridgehead atoms. The van der Waals surface area contributed by atoms with Gasteiger partial charge in [-0.05, 0) is 40.0 Å². The summed E-state index contributed by atoms with van der Waals surface area (Å²) in [5.74, 6) is 0.679. The van der Waals surface area contributed by atoms with Gasteiger partial charge in [0.25, 0.3) is 0 Å². The third-order valence-corrected chi connectivity index (χ3v) is 3.67. The largest absolute Gasteiger partial charge is 0.0625 e. The fraction of sp³-hybridized carbons (Fsp3) is 0.400. The van der Waals surface area contributed by atoms with Crippen molar-refractivity contribution in [2.24, 2.45) is 5.92 Å². The van der Waals surface area contributed by atoms with Crippen LogP contribution in [0.25, 0.3) is 11.1 Å². The fourth-order valence-electron chi connectivity index (χ4n) is 2.77. The third kappa shape index (κ3) is 3.30. The zero-order chi connectivity index (χ0) is 14.8. The van der Waals surface area contributed by atoms with E-state index in [1.165, 1.54) is 22.3 Å². The maximum atomic E-state index is 2.29. The van der Waals surface area contributed by atoms with Crippen molar-refractivity contribution in [2.75, 3.05) is 0 Å². The van der Waals surface area contributed by atoms with Crippen LogP contribution in [0.2, 0.25) is 0 Å². The van der Waals surface area contributed by atoms with E-state index in [0.29, 0.717) is 5.92 Å². The predicted octanol–water partition coefficient (Wildman–Crippen LogP) is 5.85. The average Bonchev–Trinajstić information content (AvgIpc) is 2.38. The molecule has 0 unspecified atom stereocenters. The van der Waals surface area contributed by atoms with Gasteiger partial charge in [0.15, 0.2) is 0 Å². The summed E-state index contributed by atoms with van der Waals surface area (Å²) in [6.45, 7) is 11.4. The summed E-state index contributed by atoms with van der Waals surface area (Å²) in [5.41, 5.74) is 5.83. The fourth-order valence-corrected chi connectivity index (χ4v) is 2.77. The van der Waals surface area contributed by atoms with Crippen LogP contribution in [0.1, 0.15) is 45.7 Å². The van der Waals surface area contributed by atoms with E-state index in [1.54, 1.807) is 0 Å². The Hall–Kier alpha value is -1.56. The van der Waals surface area contributed by atoms with Gasteiger partial charge in [0.05, 0.1) is 0 Å². The van der Waals surface area contributed by atoms with Gasteiger partial charge in [-0.15, -0.1) is 0 Å². The topological polar surface area (TPSA) is 0 Å². The van der Waals surface area contributed by atoms with E-state index in [-0.39, 0.29) is 5.41 Å². The highest BCUT2D eigenvalue weighted by atomic mass is 14.2. The van der Waals surface area contributed by atoms with E-state index in [4.69, 9.17) is 0 Å². The highest BCUT2D eigenvalue weighted by Crippen LogP contribution is 2.35. The molecule has 20 heavy (non-hydrogen) atoms.